The van der Waals surface area contributed by atoms with Crippen LogP contribution in [0.5, 0.6) is 0 Å². The van der Waals surface area contributed by atoms with Crippen LogP contribution in [0, 0.1) is 28.1 Å². The molecule has 2 bridgehead atoms. The third kappa shape index (κ3) is 1.88. The van der Waals surface area contributed by atoms with Crippen LogP contribution in [0.25, 0.3) is 0 Å². The topological polar surface area (TPSA) is 20.3 Å². The molecule has 0 spiro atoms. The zero-order chi connectivity index (χ0) is 16.1. The lowest BCUT2D eigenvalue weighted by molar-refractivity contribution is -0.115. The molecule has 4 atom stereocenters. The van der Waals surface area contributed by atoms with Gasteiger partial charge in [-0.15, -0.1) is 0 Å². The van der Waals surface area contributed by atoms with Crippen LogP contribution < -0.4 is 0 Å². The van der Waals surface area contributed by atoms with E-state index < -0.39 is 0 Å². The lowest BCUT2D eigenvalue weighted by Crippen LogP contribution is -2.34. The molecule has 122 valence electrons. The van der Waals surface area contributed by atoms with Crippen molar-refractivity contribution in [3.05, 3.63) is 11.3 Å². The summed E-state index contributed by atoms with van der Waals surface area (Å²) in [5.74, 6) is 1.61. The minimum atomic E-state index is 0.364. The first-order valence-electron chi connectivity index (χ1n) is 9.05. The van der Waals surface area contributed by atoms with Gasteiger partial charge in [-0.3, -0.25) is 4.79 Å². The molecule has 4 rings (SSSR count). The van der Waals surface area contributed by atoms with E-state index in [-0.39, 0.29) is 0 Å². The van der Waals surface area contributed by atoms with Gasteiger partial charge in [-0.05, 0) is 54.3 Å². The molecular formula is C20H31NO. The van der Waals surface area contributed by atoms with Crippen molar-refractivity contribution < 1.29 is 4.79 Å². The van der Waals surface area contributed by atoms with Crippen LogP contribution in [-0.2, 0) is 4.79 Å². The van der Waals surface area contributed by atoms with E-state index in [2.05, 4.69) is 46.4 Å². The van der Waals surface area contributed by atoms with Gasteiger partial charge in [0.05, 0.1) is 0 Å². The number of Topliss-reactive ketones (excluding diaryl/α,β-unsaturated/α-hetero) is 1. The van der Waals surface area contributed by atoms with Crippen molar-refractivity contribution >= 4 is 5.78 Å². The first-order valence-corrected chi connectivity index (χ1v) is 9.05. The maximum absolute atomic E-state index is 12.5. The third-order valence-electron chi connectivity index (χ3n) is 7.30. The number of hydrogen-bond acceptors (Lipinski definition) is 2. The first-order chi connectivity index (χ1) is 10.0. The van der Waals surface area contributed by atoms with Crippen molar-refractivity contribution in [1.82, 2.24) is 4.90 Å². The Morgan fingerprint density at radius 1 is 1.14 bits per heavy atom. The second-order valence-corrected chi connectivity index (χ2v) is 10.4. The number of allylic oxidation sites excluding steroid dienone is 2. The van der Waals surface area contributed by atoms with Crippen LogP contribution in [0.1, 0.15) is 67.2 Å². The first kappa shape index (κ1) is 14.8. The summed E-state index contributed by atoms with van der Waals surface area (Å²) in [6.45, 7) is 15.4. The minimum Gasteiger partial charge on any atom is -0.371 e. The zero-order valence-corrected chi connectivity index (χ0v) is 15.1. The van der Waals surface area contributed by atoms with Crippen LogP contribution in [0.15, 0.2) is 11.3 Å². The van der Waals surface area contributed by atoms with Crippen LogP contribution in [-0.4, -0.2) is 23.3 Å². The molecule has 4 fully saturated rings. The van der Waals surface area contributed by atoms with Crippen molar-refractivity contribution in [3.63, 3.8) is 0 Å². The molecule has 3 saturated carbocycles. The molecule has 0 N–H and O–H groups in total. The third-order valence-corrected chi connectivity index (χ3v) is 7.30. The monoisotopic (exact) mass is 301 g/mol. The number of carbonyl (C=O) groups is 1. The van der Waals surface area contributed by atoms with Gasteiger partial charge in [-0.2, -0.15) is 0 Å². The molecule has 1 aliphatic heterocycles. The number of likely N-dealkylation sites (tertiary alicyclic amines) is 1. The molecule has 22 heavy (non-hydrogen) atoms. The van der Waals surface area contributed by atoms with Crippen LogP contribution in [0.3, 0.4) is 0 Å². The summed E-state index contributed by atoms with van der Waals surface area (Å²) in [7, 11) is 0. The van der Waals surface area contributed by atoms with Gasteiger partial charge < -0.3 is 4.90 Å². The zero-order valence-electron chi connectivity index (χ0n) is 15.1. The van der Waals surface area contributed by atoms with E-state index in [1.54, 1.807) is 0 Å². The summed E-state index contributed by atoms with van der Waals surface area (Å²) in [4.78, 5) is 15.1. The average Bonchev–Trinajstić information content (AvgIpc) is 2.70. The summed E-state index contributed by atoms with van der Waals surface area (Å²) >= 11 is 0. The number of ketones is 1. The highest BCUT2D eigenvalue weighted by molar-refractivity contribution is 6.01. The second-order valence-electron chi connectivity index (χ2n) is 10.4. The summed E-state index contributed by atoms with van der Waals surface area (Å²) in [6.07, 6.45) is 4.71. The Morgan fingerprint density at radius 2 is 1.82 bits per heavy atom. The van der Waals surface area contributed by atoms with Crippen molar-refractivity contribution in [2.75, 3.05) is 6.54 Å². The molecule has 0 amide bonds. The Hall–Kier alpha value is -0.790. The highest BCUT2D eigenvalue weighted by Crippen LogP contribution is 2.68. The average molecular weight is 301 g/mol. The predicted octanol–water partition coefficient (Wildman–Crippen LogP) is 4.41. The van der Waals surface area contributed by atoms with E-state index in [4.69, 9.17) is 0 Å². The smallest absolute Gasteiger partial charge is 0.161 e. The van der Waals surface area contributed by atoms with Gasteiger partial charge in [-0.25, -0.2) is 0 Å². The summed E-state index contributed by atoms with van der Waals surface area (Å²) in [6, 6.07) is 0.648. The SMILES string of the molecule is C/C(=C1/C(=O)C[C@@H]2[C@H]1C2(C)C)N1C[C@@]2(C)C[C@H]1CC(C)(C)C2. The molecule has 0 unspecified atom stereocenters. The molecule has 4 aliphatic rings. The highest BCUT2D eigenvalue weighted by atomic mass is 16.1. The van der Waals surface area contributed by atoms with E-state index in [9.17, 15) is 4.79 Å². The number of rotatable bonds is 1. The number of carbonyl (C=O) groups excluding carboxylic acids is 1. The highest BCUT2D eigenvalue weighted by Gasteiger charge is 2.66. The molecule has 3 aliphatic carbocycles. The molecule has 0 aromatic rings. The van der Waals surface area contributed by atoms with Gasteiger partial charge in [0.15, 0.2) is 5.78 Å². The Kier molecular flexibility index (Phi) is 2.68. The van der Waals surface area contributed by atoms with Gasteiger partial charge in [0.25, 0.3) is 0 Å². The van der Waals surface area contributed by atoms with Gasteiger partial charge in [0.2, 0.25) is 0 Å². The normalized spacial score (nSPS) is 46.7. The van der Waals surface area contributed by atoms with E-state index in [1.165, 1.54) is 30.5 Å². The van der Waals surface area contributed by atoms with E-state index in [0.717, 1.165) is 13.0 Å². The molecule has 0 aromatic heterocycles. The fraction of sp³-hybridized carbons (Fsp3) is 0.850. The second kappa shape index (κ2) is 3.99. The molecule has 1 saturated heterocycles. The van der Waals surface area contributed by atoms with Gasteiger partial charge >= 0.3 is 0 Å². The van der Waals surface area contributed by atoms with E-state index in [0.29, 0.717) is 39.9 Å². The fourth-order valence-electron chi connectivity index (χ4n) is 6.62. The molecule has 2 nitrogen and oxygen atoms in total. The lowest BCUT2D eigenvalue weighted by atomic mass is 9.65. The maximum atomic E-state index is 12.5. The van der Waals surface area contributed by atoms with Gasteiger partial charge in [0.1, 0.15) is 0 Å². The Morgan fingerprint density at radius 3 is 2.45 bits per heavy atom. The number of fused-ring (bicyclic) bond motifs is 3. The largest absolute Gasteiger partial charge is 0.371 e. The lowest BCUT2D eigenvalue weighted by Gasteiger charge is -2.39. The van der Waals surface area contributed by atoms with Crippen molar-refractivity contribution in [2.45, 2.75) is 73.3 Å². The summed E-state index contributed by atoms with van der Waals surface area (Å²) < 4.78 is 0. The minimum absolute atomic E-state index is 0.364. The fourth-order valence-corrected chi connectivity index (χ4v) is 6.62. The Balaban J connectivity index is 1.68. The standard InChI is InChI=1S/C20H31NO/c1-12(16-15(22)7-14-17(16)19(14,4)5)21-11-20(6)9-13(21)8-18(2,3)10-20/h13-14,17H,7-11H2,1-6H3/b16-12+/t13-,14-,17-,20+/m1/s1. The quantitative estimate of drug-likeness (QED) is 0.669. The predicted molar refractivity (Wildman–Crippen MR) is 89.3 cm³/mol. The van der Waals surface area contributed by atoms with Crippen LogP contribution in [0.4, 0.5) is 0 Å². The molecule has 1 heterocycles. The van der Waals surface area contributed by atoms with Crippen molar-refractivity contribution in [1.29, 1.82) is 0 Å². The van der Waals surface area contributed by atoms with E-state index in [1.807, 2.05) is 0 Å². The number of nitrogens with zero attached hydrogens (tertiary/aromatic N) is 1. The molecular weight excluding hydrogens is 270 g/mol. The van der Waals surface area contributed by atoms with Crippen molar-refractivity contribution in [3.8, 4) is 0 Å². The Labute approximate surface area is 135 Å². The van der Waals surface area contributed by atoms with E-state index >= 15 is 0 Å². The summed E-state index contributed by atoms with van der Waals surface area (Å²) in [5, 5.41) is 0. The molecule has 2 heteroatoms. The number of hydrogen-bond donors (Lipinski definition) is 0. The molecule has 0 aromatic carbocycles. The summed E-state index contributed by atoms with van der Waals surface area (Å²) in [5.41, 5.74) is 3.77. The Bertz CT molecular complexity index is 585. The van der Waals surface area contributed by atoms with Crippen LogP contribution >= 0.6 is 0 Å². The van der Waals surface area contributed by atoms with Gasteiger partial charge in [-0.1, -0.05) is 34.6 Å². The van der Waals surface area contributed by atoms with Gasteiger partial charge in [0, 0.05) is 30.3 Å². The van der Waals surface area contributed by atoms with Crippen molar-refractivity contribution in [2.24, 2.45) is 28.1 Å². The maximum Gasteiger partial charge on any atom is 0.161 e. The molecule has 0 radical (unpaired) electrons. The van der Waals surface area contributed by atoms with Crippen LogP contribution in [0.2, 0.25) is 0 Å².